The van der Waals surface area contributed by atoms with Gasteiger partial charge < -0.3 is 15.5 Å². The summed E-state index contributed by atoms with van der Waals surface area (Å²) in [6.07, 6.45) is 4.74. The molecule has 112 valence electrons. The van der Waals surface area contributed by atoms with Gasteiger partial charge in [-0.25, -0.2) is 0 Å². The maximum absolute atomic E-state index is 5.88. The quantitative estimate of drug-likeness (QED) is 0.889. The fourth-order valence-corrected chi connectivity index (χ4v) is 2.56. The number of piperidine rings is 1. The van der Waals surface area contributed by atoms with Gasteiger partial charge in [-0.1, -0.05) is 6.92 Å². The van der Waals surface area contributed by atoms with E-state index in [1.54, 1.807) is 0 Å². The third-order valence-electron chi connectivity index (χ3n) is 3.61. The minimum Gasteiger partial charge on any atom is -0.368 e. The topological polar surface area (TPSA) is 71.2 Å². The zero-order chi connectivity index (χ0) is 14.5. The molecule has 0 amide bonds. The summed E-state index contributed by atoms with van der Waals surface area (Å²) >= 11 is 0. The summed E-state index contributed by atoms with van der Waals surface area (Å²) in [5.74, 6) is 1.75. The Morgan fingerprint density at radius 2 is 1.85 bits per heavy atom. The Labute approximate surface area is 121 Å². The van der Waals surface area contributed by atoms with Crippen LogP contribution in [0.1, 0.15) is 46.5 Å². The summed E-state index contributed by atoms with van der Waals surface area (Å²) in [7, 11) is 0. The van der Waals surface area contributed by atoms with Gasteiger partial charge in [-0.2, -0.15) is 15.0 Å². The van der Waals surface area contributed by atoms with Crippen LogP contribution < -0.4 is 15.5 Å². The molecule has 0 bridgehead atoms. The minimum absolute atomic E-state index is 0.317. The first-order valence-corrected chi connectivity index (χ1v) is 7.65. The van der Waals surface area contributed by atoms with E-state index in [2.05, 4.69) is 45.5 Å². The highest BCUT2D eigenvalue weighted by molar-refractivity contribution is 5.44. The molecule has 0 aromatic carbocycles. The molecule has 0 saturated carbocycles. The lowest BCUT2D eigenvalue weighted by molar-refractivity contribution is 0.565. The van der Waals surface area contributed by atoms with E-state index in [1.807, 2.05) is 0 Å². The number of aromatic nitrogens is 3. The first-order valence-electron chi connectivity index (χ1n) is 7.65. The summed E-state index contributed by atoms with van der Waals surface area (Å²) in [6.45, 7) is 9.41. The van der Waals surface area contributed by atoms with Gasteiger partial charge in [-0.3, -0.25) is 0 Å². The highest BCUT2D eigenvalue weighted by atomic mass is 15.4. The molecule has 2 rings (SSSR count). The summed E-state index contributed by atoms with van der Waals surface area (Å²) < 4.78 is 0. The van der Waals surface area contributed by atoms with Crippen LogP contribution in [0.15, 0.2) is 0 Å². The van der Waals surface area contributed by atoms with E-state index in [1.165, 1.54) is 19.3 Å². The predicted molar refractivity (Wildman–Crippen MR) is 83.1 cm³/mol. The van der Waals surface area contributed by atoms with Gasteiger partial charge in [-0.05, 0) is 39.5 Å². The lowest BCUT2D eigenvalue weighted by atomic mass is 10.1. The van der Waals surface area contributed by atoms with Crippen molar-refractivity contribution in [1.29, 1.82) is 0 Å². The zero-order valence-corrected chi connectivity index (χ0v) is 12.8. The summed E-state index contributed by atoms with van der Waals surface area (Å²) in [4.78, 5) is 17.7. The van der Waals surface area contributed by atoms with Crippen molar-refractivity contribution >= 4 is 17.8 Å². The average molecular weight is 278 g/mol. The van der Waals surface area contributed by atoms with Crippen molar-refractivity contribution < 1.29 is 0 Å². The Hall–Kier alpha value is -1.59. The Kier molecular flexibility index (Phi) is 4.98. The van der Waals surface area contributed by atoms with E-state index in [9.17, 15) is 0 Å². The second-order valence-electron chi connectivity index (χ2n) is 5.63. The molecule has 1 aromatic rings. The predicted octanol–water partition coefficient (Wildman–Crippen LogP) is 2.07. The van der Waals surface area contributed by atoms with E-state index in [-0.39, 0.29) is 0 Å². The fourth-order valence-electron chi connectivity index (χ4n) is 2.56. The molecule has 1 aliphatic heterocycles. The van der Waals surface area contributed by atoms with Crippen LogP contribution in [0.25, 0.3) is 0 Å². The monoisotopic (exact) mass is 278 g/mol. The smallest absolute Gasteiger partial charge is 0.232 e. The summed E-state index contributed by atoms with van der Waals surface area (Å²) in [5, 5.41) is 0. The molecule has 2 N–H and O–H groups in total. The second kappa shape index (κ2) is 6.72. The first-order chi connectivity index (χ1) is 9.61. The van der Waals surface area contributed by atoms with Crippen LogP contribution in [0, 0.1) is 0 Å². The number of rotatable bonds is 5. The van der Waals surface area contributed by atoms with Gasteiger partial charge in [0.05, 0.1) is 0 Å². The largest absolute Gasteiger partial charge is 0.368 e. The van der Waals surface area contributed by atoms with Gasteiger partial charge in [-0.15, -0.1) is 0 Å². The van der Waals surface area contributed by atoms with Crippen LogP contribution in [-0.2, 0) is 0 Å². The van der Waals surface area contributed by atoms with E-state index in [4.69, 9.17) is 5.73 Å². The molecule has 20 heavy (non-hydrogen) atoms. The third-order valence-corrected chi connectivity index (χ3v) is 3.61. The molecule has 1 saturated heterocycles. The molecular weight excluding hydrogens is 252 g/mol. The Morgan fingerprint density at radius 3 is 2.45 bits per heavy atom. The van der Waals surface area contributed by atoms with Gasteiger partial charge in [0.15, 0.2) is 0 Å². The maximum atomic E-state index is 5.88. The van der Waals surface area contributed by atoms with Gasteiger partial charge >= 0.3 is 0 Å². The van der Waals surface area contributed by atoms with Crippen molar-refractivity contribution in [2.24, 2.45) is 0 Å². The SMILES string of the molecule is CCCN(c1nc(N)nc(N2CCCCC2)n1)C(C)C. The minimum atomic E-state index is 0.317. The normalized spacial score (nSPS) is 15.7. The molecule has 2 heterocycles. The fraction of sp³-hybridized carbons (Fsp3) is 0.786. The Morgan fingerprint density at radius 1 is 1.15 bits per heavy atom. The van der Waals surface area contributed by atoms with Gasteiger partial charge in [0.25, 0.3) is 0 Å². The lowest BCUT2D eigenvalue weighted by Crippen LogP contribution is -2.35. The van der Waals surface area contributed by atoms with Crippen molar-refractivity contribution in [3.8, 4) is 0 Å². The summed E-state index contributed by atoms with van der Waals surface area (Å²) in [6, 6.07) is 0.353. The van der Waals surface area contributed by atoms with E-state index < -0.39 is 0 Å². The third kappa shape index (κ3) is 3.49. The molecule has 0 unspecified atom stereocenters. The number of hydrogen-bond acceptors (Lipinski definition) is 6. The van der Waals surface area contributed by atoms with Crippen molar-refractivity contribution in [1.82, 2.24) is 15.0 Å². The van der Waals surface area contributed by atoms with Crippen LogP contribution in [0.2, 0.25) is 0 Å². The molecule has 1 aliphatic rings. The van der Waals surface area contributed by atoms with Crippen molar-refractivity contribution in [3.05, 3.63) is 0 Å². The van der Waals surface area contributed by atoms with E-state index >= 15 is 0 Å². The number of anilines is 3. The van der Waals surface area contributed by atoms with E-state index in [0.29, 0.717) is 17.9 Å². The lowest BCUT2D eigenvalue weighted by Gasteiger charge is -2.29. The molecule has 0 aliphatic carbocycles. The highest BCUT2D eigenvalue weighted by Gasteiger charge is 2.19. The first kappa shape index (κ1) is 14.8. The summed E-state index contributed by atoms with van der Waals surface area (Å²) in [5.41, 5.74) is 5.88. The van der Waals surface area contributed by atoms with Crippen LogP contribution in [0.3, 0.4) is 0 Å². The number of hydrogen-bond donors (Lipinski definition) is 1. The van der Waals surface area contributed by atoms with Crippen molar-refractivity contribution in [3.63, 3.8) is 0 Å². The number of nitrogens with two attached hydrogens (primary N) is 1. The van der Waals surface area contributed by atoms with Gasteiger partial charge in [0.1, 0.15) is 0 Å². The zero-order valence-electron chi connectivity index (χ0n) is 12.8. The maximum Gasteiger partial charge on any atom is 0.232 e. The molecular formula is C14H26N6. The molecule has 6 heteroatoms. The van der Waals surface area contributed by atoms with Crippen LogP contribution in [0.5, 0.6) is 0 Å². The number of nitrogen functional groups attached to an aromatic ring is 1. The molecule has 0 radical (unpaired) electrons. The molecule has 6 nitrogen and oxygen atoms in total. The Bertz CT molecular complexity index is 428. The van der Waals surface area contributed by atoms with Crippen molar-refractivity contribution in [2.45, 2.75) is 52.5 Å². The molecule has 0 atom stereocenters. The Balaban J connectivity index is 2.26. The van der Waals surface area contributed by atoms with Crippen LogP contribution >= 0.6 is 0 Å². The van der Waals surface area contributed by atoms with Gasteiger partial charge in [0, 0.05) is 25.7 Å². The molecule has 1 fully saturated rings. The van der Waals surface area contributed by atoms with Gasteiger partial charge in [0.2, 0.25) is 17.8 Å². The van der Waals surface area contributed by atoms with Crippen LogP contribution in [0.4, 0.5) is 17.8 Å². The van der Waals surface area contributed by atoms with Crippen molar-refractivity contribution in [2.75, 3.05) is 35.2 Å². The highest BCUT2D eigenvalue weighted by Crippen LogP contribution is 2.20. The number of nitrogens with zero attached hydrogens (tertiary/aromatic N) is 5. The average Bonchev–Trinajstić information content (AvgIpc) is 2.44. The molecule has 1 aromatic heterocycles. The van der Waals surface area contributed by atoms with E-state index in [0.717, 1.165) is 32.0 Å². The molecule has 0 spiro atoms. The van der Waals surface area contributed by atoms with Crippen LogP contribution in [-0.4, -0.2) is 40.6 Å². The standard InChI is InChI=1S/C14H26N6/c1-4-8-20(11(2)3)14-17-12(15)16-13(18-14)19-9-6-5-7-10-19/h11H,4-10H2,1-3H3,(H2,15,16,17,18). The second-order valence-corrected chi connectivity index (χ2v) is 5.63.